The van der Waals surface area contributed by atoms with Gasteiger partial charge in [0.1, 0.15) is 30.6 Å². The number of alkyl halides is 7. The highest BCUT2D eigenvalue weighted by Gasteiger charge is 2.56. The van der Waals surface area contributed by atoms with Crippen LogP contribution in [-0.2, 0) is 4.74 Å². The molecule has 182 valence electrons. The van der Waals surface area contributed by atoms with E-state index in [1.807, 2.05) is 0 Å². The van der Waals surface area contributed by atoms with Crippen LogP contribution in [0.3, 0.4) is 0 Å². The fraction of sp³-hybridized carbons (Fsp3) is 1.00. The molecular formula is C20H35F7O3. The third-order valence-electron chi connectivity index (χ3n) is 6.94. The van der Waals surface area contributed by atoms with Gasteiger partial charge >= 0.3 is 6.11 Å². The highest BCUT2D eigenvalue weighted by Crippen LogP contribution is 2.48. The van der Waals surface area contributed by atoms with Gasteiger partial charge in [0.25, 0.3) is 0 Å². The van der Waals surface area contributed by atoms with E-state index in [9.17, 15) is 30.7 Å². The molecular weight excluding hydrogens is 421 g/mol. The molecule has 0 aromatic carbocycles. The molecule has 0 bridgehead atoms. The van der Waals surface area contributed by atoms with Crippen molar-refractivity contribution in [3.05, 3.63) is 0 Å². The Morgan fingerprint density at radius 2 is 1.17 bits per heavy atom. The van der Waals surface area contributed by atoms with Crippen LogP contribution >= 0.6 is 0 Å². The van der Waals surface area contributed by atoms with Crippen LogP contribution in [0, 0.1) is 23.7 Å². The maximum absolute atomic E-state index is 14.6. The van der Waals surface area contributed by atoms with Crippen molar-refractivity contribution in [3.8, 4) is 0 Å². The zero-order chi connectivity index (χ0) is 20.6. The Morgan fingerprint density at radius 3 is 1.63 bits per heavy atom. The Balaban J connectivity index is 0.00000300. The summed E-state index contributed by atoms with van der Waals surface area (Å²) in [5.41, 5.74) is 0. The van der Waals surface area contributed by atoms with Gasteiger partial charge in [-0.2, -0.15) is 8.78 Å². The van der Waals surface area contributed by atoms with E-state index in [1.165, 1.54) is 0 Å². The average Bonchev–Trinajstić information content (AvgIpc) is 2.59. The summed E-state index contributed by atoms with van der Waals surface area (Å²) in [5, 5.41) is 0. The second-order valence-corrected chi connectivity index (χ2v) is 9.06. The lowest BCUT2D eigenvalue weighted by Crippen LogP contribution is -2.52. The minimum atomic E-state index is -4.20. The van der Waals surface area contributed by atoms with Gasteiger partial charge in [-0.3, -0.25) is 0 Å². The van der Waals surface area contributed by atoms with E-state index in [-0.39, 0.29) is 37.1 Å². The van der Waals surface area contributed by atoms with Crippen LogP contribution in [0.5, 0.6) is 0 Å². The summed E-state index contributed by atoms with van der Waals surface area (Å²) in [4.78, 5) is 0. The molecule has 4 N–H and O–H groups in total. The van der Waals surface area contributed by atoms with Gasteiger partial charge in [0.05, 0.1) is 6.10 Å². The van der Waals surface area contributed by atoms with Crippen LogP contribution in [0.4, 0.5) is 30.7 Å². The maximum atomic E-state index is 14.6. The zero-order valence-electron chi connectivity index (χ0n) is 17.0. The molecule has 0 aromatic rings. The highest BCUT2D eigenvalue weighted by molar-refractivity contribution is 4.95. The Kier molecular flexibility index (Phi) is 9.88. The van der Waals surface area contributed by atoms with Gasteiger partial charge in [-0.15, -0.1) is 0 Å². The predicted molar refractivity (Wildman–Crippen MR) is 100 cm³/mol. The van der Waals surface area contributed by atoms with Crippen molar-refractivity contribution >= 4 is 0 Å². The van der Waals surface area contributed by atoms with E-state index >= 15 is 0 Å². The molecule has 0 saturated heterocycles. The van der Waals surface area contributed by atoms with E-state index < -0.39 is 61.8 Å². The minimum Gasteiger partial charge on any atom is -0.412 e. The van der Waals surface area contributed by atoms with E-state index in [4.69, 9.17) is 0 Å². The van der Waals surface area contributed by atoms with Gasteiger partial charge in [0.15, 0.2) is 6.17 Å². The SMILES string of the molecule is CC1CCC(C2CC(F)C(C(F)(F)OC3CC(F)C(F)C(F)C3)C(F)C2)CC1.O.O.[HH]. The first-order valence-corrected chi connectivity index (χ1v) is 10.3. The second kappa shape index (κ2) is 10.8. The lowest BCUT2D eigenvalue weighted by atomic mass is 9.68. The van der Waals surface area contributed by atoms with Gasteiger partial charge in [-0.05, 0) is 43.4 Å². The van der Waals surface area contributed by atoms with Crippen LogP contribution in [-0.4, -0.2) is 54.0 Å². The molecule has 3 aliphatic carbocycles. The fourth-order valence-corrected chi connectivity index (χ4v) is 5.24. The van der Waals surface area contributed by atoms with Crippen LogP contribution in [0.1, 0.15) is 59.7 Å². The number of rotatable bonds is 4. The van der Waals surface area contributed by atoms with E-state index in [0.717, 1.165) is 25.7 Å². The second-order valence-electron chi connectivity index (χ2n) is 9.06. The molecule has 3 fully saturated rings. The van der Waals surface area contributed by atoms with Crippen LogP contribution in [0.25, 0.3) is 0 Å². The van der Waals surface area contributed by atoms with Gasteiger partial charge in [0, 0.05) is 14.3 Å². The predicted octanol–water partition coefficient (Wildman–Crippen LogP) is 4.90. The van der Waals surface area contributed by atoms with E-state index in [2.05, 4.69) is 11.7 Å². The first-order valence-electron chi connectivity index (χ1n) is 10.3. The van der Waals surface area contributed by atoms with Crippen molar-refractivity contribution in [1.29, 1.82) is 0 Å². The molecule has 0 heterocycles. The molecule has 3 nitrogen and oxygen atoms in total. The summed E-state index contributed by atoms with van der Waals surface area (Å²) >= 11 is 0. The van der Waals surface area contributed by atoms with Gasteiger partial charge in [-0.25, -0.2) is 22.0 Å². The van der Waals surface area contributed by atoms with Crippen molar-refractivity contribution in [2.24, 2.45) is 23.7 Å². The van der Waals surface area contributed by atoms with E-state index in [1.54, 1.807) is 0 Å². The molecule has 30 heavy (non-hydrogen) atoms. The summed E-state index contributed by atoms with van der Waals surface area (Å²) in [6.45, 7) is 2.13. The molecule has 4 unspecified atom stereocenters. The fourth-order valence-electron chi connectivity index (χ4n) is 5.24. The molecule has 10 heteroatoms. The molecule has 0 aliphatic heterocycles. The molecule has 4 atom stereocenters. The van der Waals surface area contributed by atoms with Crippen molar-refractivity contribution in [2.45, 2.75) is 101 Å². The van der Waals surface area contributed by atoms with Crippen molar-refractivity contribution < 1.29 is 47.8 Å². The Hall–Kier alpha value is -0.610. The summed E-state index contributed by atoms with van der Waals surface area (Å²) in [7, 11) is 0. The van der Waals surface area contributed by atoms with Crippen molar-refractivity contribution in [1.82, 2.24) is 0 Å². The lowest BCUT2D eigenvalue weighted by molar-refractivity contribution is -0.323. The quantitative estimate of drug-likeness (QED) is 0.555. The molecule has 0 radical (unpaired) electrons. The molecule has 3 rings (SSSR count). The van der Waals surface area contributed by atoms with Gasteiger partial charge in [0.2, 0.25) is 0 Å². The first-order chi connectivity index (χ1) is 13.1. The number of hydrogen-bond donors (Lipinski definition) is 0. The monoisotopic (exact) mass is 456 g/mol. The largest absolute Gasteiger partial charge is 0.412 e. The Morgan fingerprint density at radius 1 is 0.700 bits per heavy atom. The smallest absolute Gasteiger partial charge is 0.364 e. The highest BCUT2D eigenvalue weighted by atomic mass is 19.3. The summed E-state index contributed by atoms with van der Waals surface area (Å²) in [6, 6.07) is 0. The molecule has 3 aliphatic rings. The number of ether oxygens (including phenoxy) is 1. The molecule has 0 aromatic heterocycles. The first kappa shape index (κ1) is 27.4. The molecule has 3 saturated carbocycles. The molecule has 0 amide bonds. The van der Waals surface area contributed by atoms with Crippen molar-refractivity contribution in [2.75, 3.05) is 0 Å². The zero-order valence-corrected chi connectivity index (χ0v) is 17.0. The summed E-state index contributed by atoms with van der Waals surface area (Å²) in [5.74, 6) is -1.86. The number of hydrogen-bond acceptors (Lipinski definition) is 1. The summed E-state index contributed by atoms with van der Waals surface area (Å²) in [6.07, 6.45) is -15.1. The summed E-state index contributed by atoms with van der Waals surface area (Å²) < 4.78 is 103. The van der Waals surface area contributed by atoms with Crippen LogP contribution in [0.2, 0.25) is 0 Å². The Bertz CT molecular complexity index is 501. The lowest BCUT2D eigenvalue weighted by Gasteiger charge is -2.43. The topological polar surface area (TPSA) is 72.2 Å². The van der Waals surface area contributed by atoms with Crippen LogP contribution < -0.4 is 0 Å². The Labute approximate surface area is 173 Å². The van der Waals surface area contributed by atoms with Crippen LogP contribution in [0.15, 0.2) is 0 Å². The minimum absolute atomic E-state index is 0. The van der Waals surface area contributed by atoms with E-state index in [0.29, 0.717) is 5.92 Å². The number of halogens is 7. The maximum Gasteiger partial charge on any atom is 0.364 e. The van der Waals surface area contributed by atoms with Gasteiger partial charge in [-0.1, -0.05) is 19.8 Å². The van der Waals surface area contributed by atoms with Crippen molar-refractivity contribution in [3.63, 3.8) is 0 Å². The average molecular weight is 456 g/mol. The van der Waals surface area contributed by atoms with Gasteiger partial charge < -0.3 is 15.7 Å². The normalized spacial score (nSPS) is 45.2. The standard InChI is InChI=1S/C20H29F7O.2H2O.H2/c1-10-2-4-11(5-3-10)12-6-14(21)18(15(22)7-12)20(26,27)28-13-8-16(23)19(25)17(24)9-13;;;/h10-19H,2-9H2,1H3;2*1H2;1H. The third kappa shape index (κ3) is 6.00. The molecule has 0 spiro atoms. The third-order valence-corrected chi connectivity index (χ3v) is 6.94.